The molecule has 4 rings (SSSR count). The van der Waals surface area contributed by atoms with Gasteiger partial charge in [0.25, 0.3) is 0 Å². The van der Waals surface area contributed by atoms with E-state index in [1.807, 2.05) is 41.3 Å². The number of hydrogen-bond acceptors (Lipinski definition) is 6. The molecule has 29 heavy (non-hydrogen) atoms. The highest BCUT2D eigenvalue weighted by atomic mass is 35.5. The van der Waals surface area contributed by atoms with Gasteiger partial charge in [0, 0.05) is 29.1 Å². The summed E-state index contributed by atoms with van der Waals surface area (Å²) in [6.45, 7) is 0.862. The molecule has 0 amide bonds. The summed E-state index contributed by atoms with van der Waals surface area (Å²) < 4.78 is 25.3. The topological polar surface area (TPSA) is 89.6 Å². The summed E-state index contributed by atoms with van der Waals surface area (Å²) in [5.74, 6) is 1.76. The molecule has 0 saturated carbocycles. The number of halogens is 1. The normalized spacial score (nSPS) is 17.0. The average molecular weight is 430 g/mol. The second-order valence-electron chi connectivity index (χ2n) is 6.89. The first-order valence-corrected chi connectivity index (χ1v) is 11.3. The highest BCUT2D eigenvalue weighted by molar-refractivity contribution is 8.24. The molecule has 1 aliphatic heterocycles. The third-order valence-electron chi connectivity index (χ3n) is 5.07. The van der Waals surface area contributed by atoms with Crippen LogP contribution in [-0.2, 0) is 0 Å². The van der Waals surface area contributed by atoms with Gasteiger partial charge >= 0.3 is 0 Å². The molecular formula is C21H20ClN3O3S. The number of benzene rings is 2. The molecule has 2 aromatic carbocycles. The molecule has 6 nitrogen and oxygen atoms in total. The maximum atomic E-state index is 10.1. The fraction of sp³-hybridized carbons (Fsp3) is 0.238. The van der Waals surface area contributed by atoms with E-state index in [4.69, 9.17) is 21.3 Å². The molecule has 0 atom stereocenters. The summed E-state index contributed by atoms with van der Waals surface area (Å²) >= 11 is 6.23. The van der Waals surface area contributed by atoms with Crippen LogP contribution >= 0.6 is 22.2 Å². The molecule has 8 heteroatoms. The number of fused-ring (bicyclic) bond motifs is 1. The van der Waals surface area contributed by atoms with Gasteiger partial charge in [0.2, 0.25) is 0 Å². The Hall–Kier alpha value is -2.50. The van der Waals surface area contributed by atoms with E-state index < -0.39 is 10.6 Å². The number of aromatic nitrogens is 1. The number of nitriles is 1. The number of rotatable bonds is 3. The van der Waals surface area contributed by atoms with Crippen molar-refractivity contribution in [3.63, 3.8) is 0 Å². The zero-order valence-electron chi connectivity index (χ0n) is 15.8. The standard InChI is InChI=1S/C21H20ClN3O3S/c1-28-16-5-6-19-17(12-16)20(14-3-2-4-15(22)11-14)18(13-23)21(24-19)25-7-9-29(26,27)10-8-25/h2-6,11-12,26-27H,7-10H2,1H3. The zero-order valence-corrected chi connectivity index (χ0v) is 17.4. The van der Waals surface area contributed by atoms with E-state index in [9.17, 15) is 14.4 Å². The molecule has 2 heterocycles. The molecular weight excluding hydrogens is 410 g/mol. The molecule has 3 aromatic rings. The maximum Gasteiger partial charge on any atom is 0.148 e. The van der Waals surface area contributed by atoms with Gasteiger partial charge < -0.3 is 9.64 Å². The molecule has 0 aliphatic carbocycles. The number of methoxy groups -OCH3 is 1. The number of hydrogen-bond donors (Lipinski definition) is 2. The van der Waals surface area contributed by atoms with E-state index in [0.29, 0.717) is 35.2 Å². The Balaban J connectivity index is 1.98. The second-order valence-corrected chi connectivity index (χ2v) is 9.75. The third-order valence-corrected chi connectivity index (χ3v) is 6.98. The minimum absolute atomic E-state index is 0.271. The lowest BCUT2D eigenvalue weighted by Gasteiger charge is -2.41. The van der Waals surface area contributed by atoms with E-state index in [2.05, 4.69) is 6.07 Å². The lowest BCUT2D eigenvalue weighted by atomic mass is 9.95. The van der Waals surface area contributed by atoms with Crippen molar-refractivity contribution < 1.29 is 13.8 Å². The summed E-state index contributed by atoms with van der Waals surface area (Å²) in [6, 6.07) is 15.3. The maximum absolute atomic E-state index is 10.1. The molecule has 0 bridgehead atoms. The number of ether oxygens (including phenoxy) is 1. The number of anilines is 1. The van der Waals surface area contributed by atoms with Crippen molar-refractivity contribution in [2.24, 2.45) is 0 Å². The monoisotopic (exact) mass is 429 g/mol. The molecule has 1 fully saturated rings. The zero-order chi connectivity index (χ0) is 20.6. The Morgan fingerprint density at radius 1 is 1.17 bits per heavy atom. The van der Waals surface area contributed by atoms with E-state index in [1.54, 1.807) is 13.2 Å². The fourth-order valence-electron chi connectivity index (χ4n) is 3.57. The number of pyridine rings is 1. The summed E-state index contributed by atoms with van der Waals surface area (Å²) in [7, 11) is -0.952. The van der Waals surface area contributed by atoms with Crippen molar-refractivity contribution in [3.05, 3.63) is 53.1 Å². The summed E-state index contributed by atoms with van der Waals surface area (Å²) in [5, 5.41) is 11.5. The van der Waals surface area contributed by atoms with Gasteiger partial charge in [0.1, 0.15) is 23.2 Å². The molecule has 1 aliphatic rings. The van der Waals surface area contributed by atoms with Crippen LogP contribution in [0, 0.1) is 11.3 Å². The van der Waals surface area contributed by atoms with Gasteiger partial charge in [-0.2, -0.15) is 15.9 Å². The Labute approximate surface area is 175 Å². The van der Waals surface area contributed by atoms with Crippen LogP contribution < -0.4 is 9.64 Å². The lowest BCUT2D eigenvalue weighted by molar-refractivity contribution is 0.415. The van der Waals surface area contributed by atoms with Crippen LogP contribution in [0.4, 0.5) is 5.82 Å². The van der Waals surface area contributed by atoms with Crippen LogP contribution in [0.1, 0.15) is 5.56 Å². The van der Waals surface area contributed by atoms with Gasteiger partial charge in [0.15, 0.2) is 0 Å². The van der Waals surface area contributed by atoms with E-state index in [-0.39, 0.29) is 11.5 Å². The average Bonchev–Trinajstić information content (AvgIpc) is 2.72. The highest BCUT2D eigenvalue weighted by Crippen LogP contribution is 2.43. The van der Waals surface area contributed by atoms with Crippen LogP contribution in [-0.4, -0.2) is 45.8 Å². The van der Waals surface area contributed by atoms with E-state index in [1.165, 1.54) is 0 Å². The van der Waals surface area contributed by atoms with Crippen LogP contribution in [0.5, 0.6) is 5.75 Å². The van der Waals surface area contributed by atoms with Gasteiger partial charge in [-0.05, 0) is 35.9 Å². The Kier molecular flexibility index (Phi) is 5.28. The van der Waals surface area contributed by atoms with Gasteiger partial charge in [0.05, 0.1) is 24.1 Å². The first-order valence-electron chi connectivity index (χ1n) is 9.08. The van der Waals surface area contributed by atoms with Crippen LogP contribution in [0.25, 0.3) is 22.0 Å². The Morgan fingerprint density at radius 3 is 2.59 bits per heavy atom. The van der Waals surface area contributed by atoms with Gasteiger partial charge in [-0.1, -0.05) is 23.7 Å². The van der Waals surface area contributed by atoms with Crippen molar-refractivity contribution >= 4 is 38.9 Å². The first kappa shape index (κ1) is 19.8. The van der Waals surface area contributed by atoms with Gasteiger partial charge in [-0.15, -0.1) is 0 Å². The van der Waals surface area contributed by atoms with Crippen LogP contribution in [0.3, 0.4) is 0 Å². The first-order chi connectivity index (χ1) is 13.9. The molecule has 0 unspecified atom stereocenters. The molecule has 0 spiro atoms. The number of nitrogens with zero attached hydrogens (tertiary/aromatic N) is 3. The third kappa shape index (κ3) is 3.85. The predicted octanol–water partition coefficient (Wildman–Crippen LogP) is 5.01. The quantitative estimate of drug-likeness (QED) is 0.608. The molecule has 0 radical (unpaired) electrons. The second kappa shape index (κ2) is 7.73. The molecule has 150 valence electrons. The molecule has 2 N–H and O–H groups in total. The van der Waals surface area contributed by atoms with Crippen molar-refractivity contribution in [2.45, 2.75) is 0 Å². The predicted molar refractivity (Wildman–Crippen MR) is 118 cm³/mol. The van der Waals surface area contributed by atoms with E-state index >= 15 is 0 Å². The minimum atomic E-state index is -2.55. The van der Waals surface area contributed by atoms with Crippen molar-refractivity contribution in [1.29, 1.82) is 5.26 Å². The largest absolute Gasteiger partial charge is 0.497 e. The van der Waals surface area contributed by atoms with Crippen molar-refractivity contribution in [2.75, 3.05) is 36.6 Å². The molecule has 1 saturated heterocycles. The van der Waals surface area contributed by atoms with Crippen molar-refractivity contribution in [1.82, 2.24) is 4.98 Å². The summed E-state index contributed by atoms with van der Waals surface area (Å²) in [5.41, 5.74) is 2.72. The Morgan fingerprint density at radius 2 is 1.93 bits per heavy atom. The molecule has 1 aromatic heterocycles. The van der Waals surface area contributed by atoms with Gasteiger partial charge in [-0.3, -0.25) is 9.11 Å². The highest BCUT2D eigenvalue weighted by Gasteiger charge is 2.27. The van der Waals surface area contributed by atoms with E-state index in [0.717, 1.165) is 22.0 Å². The fourth-order valence-corrected chi connectivity index (χ4v) is 4.99. The van der Waals surface area contributed by atoms with Gasteiger partial charge in [-0.25, -0.2) is 4.98 Å². The summed E-state index contributed by atoms with van der Waals surface area (Å²) in [4.78, 5) is 6.71. The Bertz CT molecular complexity index is 1120. The smallest absolute Gasteiger partial charge is 0.148 e. The van der Waals surface area contributed by atoms with Crippen molar-refractivity contribution in [3.8, 4) is 22.9 Å². The lowest BCUT2D eigenvalue weighted by Crippen LogP contribution is -2.39. The van der Waals surface area contributed by atoms with Crippen LogP contribution in [0.2, 0.25) is 5.02 Å². The SMILES string of the molecule is COc1ccc2nc(N3CCS(O)(O)CC3)c(C#N)c(-c3cccc(Cl)c3)c2c1. The van der Waals surface area contributed by atoms with Crippen LogP contribution in [0.15, 0.2) is 42.5 Å². The minimum Gasteiger partial charge on any atom is -0.497 e. The summed E-state index contributed by atoms with van der Waals surface area (Å²) in [6.07, 6.45) is 0.